The van der Waals surface area contributed by atoms with Gasteiger partial charge in [0.2, 0.25) is 5.91 Å². The summed E-state index contributed by atoms with van der Waals surface area (Å²) in [6, 6.07) is 24.3. The highest BCUT2D eigenvalue weighted by Crippen LogP contribution is 2.59. The van der Waals surface area contributed by atoms with E-state index in [1.165, 1.54) is 0 Å². The van der Waals surface area contributed by atoms with Crippen LogP contribution in [-0.2, 0) is 21.5 Å². The van der Waals surface area contributed by atoms with Gasteiger partial charge < -0.3 is 24.0 Å². The molecule has 48 heavy (non-hydrogen) atoms. The van der Waals surface area contributed by atoms with Gasteiger partial charge >= 0.3 is 6.09 Å². The van der Waals surface area contributed by atoms with E-state index in [1.54, 1.807) is 12.0 Å². The average molecular weight is 647 g/mol. The van der Waals surface area contributed by atoms with Gasteiger partial charge in [0.1, 0.15) is 23.2 Å². The molecule has 4 aromatic rings. The van der Waals surface area contributed by atoms with Crippen LogP contribution < -0.4 is 14.4 Å². The van der Waals surface area contributed by atoms with Crippen LogP contribution in [0.2, 0.25) is 0 Å². The van der Waals surface area contributed by atoms with Gasteiger partial charge in [0.05, 0.1) is 42.3 Å². The molecule has 0 unspecified atom stereocenters. The number of amides is 2. The fraction of sp³-hybridized carbons (Fsp3) is 0.410. The summed E-state index contributed by atoms with van der Waals surface area (Å²) in [6.07, 6.45) is 5.92. The summed E-state index contributed by atoms with van der Waals surface area (Å²) in [5.41, 5.74) is 4.85. The maximum absolute atomic E-state index is 14.4. The van der Waals surface area contributed by atoms with Gasteiger partial charge in [-0.25, -0.2) is 9.48 Å². The van der Waals surface area contributed by atoms with Gasteiger partial charge in [0, 0.05) is 24.1 Å². The average Bonchev–Trinajstić information content (AvgIpc) is 3.59. The third-order valence-corrected chi connectivity index (χ3v) is 10.5. The number of rotatable bonds is 7. The summed E-state index contributed by atoms with van der Waals surface area (Å²) in [4.78, 5) is 30.8. The highest BCUT2D eigenvalue weighted by Gasteiger charge is 2.58. The fourth-order valence-electron chi connectivity index (χ4n) is 7.98. The van der Waals surface area contributed by atoms with Crippen molar-refractivity contribution in [2.24, 2.45) is 5.41 Å². The van der Waals surface area contributed by atoms with Crippen LogP contribution in [0.25, 0.3) is 16.9 Å². The summed E-state index contributed by atoms with van der Waals surface area (Å²) in [5.74, 6) is 1.67. The SMILES string of the molecule is COc1ccc(CN2C(=O)C3(CCC3)c3cc(-c4ccnn4-c4ccccc4)cc(OC4CC5(C4)CN(C(=O)OC(C)(C)C)C5)c32)cc1. The lowest BCUT2D eigenvalue weighted by Crippen LogP contribution is -2.66. The first-order valence-electron chi connectivity index (χ1n) is 16.9. The van der Waals surface area contributed by atoms with Crippen molar-refractivity contribution in [3.63, 3.8) is 0 Å². The Kier molecular flexibility index (Phi) is 7.09. The van der Waals surface area contributed by atoms with Gasteiger partial charge in [-0.1, -0.05) is 36.8 Å². The Hall–Kier alpha value is -4.79. The highest BCUT2D eigenvalue weighted by atomic mass is 16.6. The summed E-state index contributed by atoms with van der Waals surface area (Å²) < 4.78 is 19.8. The van der Waals surface area contributed by atoms with Crippen LogP contribution in [0, 0.1) is 5.41 Å². The third-order valence-electron chi connectivity index (χ3n) is 10.5. The molecule has 2 saturated carbocycles. The molecule has 248 valence electrons. The lowest BCUT2D eigenvalue weighted by Gasteiger charge is -2.58. The van der Waals surface area contributed by atoms with E-state index in [1.807, 2.05) is 97.2 Å². The second-order valence-electron chi connectivity index (χ2n) is 15.0. The summed E-state index contributed by atoms with van der Waals surface area (Å²) in [5, 5.41) is 4.67. The Morgan fingerprint density at radius 3 is 2.35 bits per heavy atom. The van der Waals surface area contributed by atoms with Gasteiger partial charge in [-0.2, -0.15) is 5.10 Å². The number of likely N-dealkylation sites (tertiary alicyclic amines) is 1. The third kappa shape index (κ3) is 5.11. The van der Waals surface area contributed by atoms with E-state index in [-0.39, 0.29) is 23.5 Å². The first-order valence-corrected chi connectivity index (χ1v) is 16.9. The number of aromatic nitrogens is 2. The zero-order chi connectivity index (χ0) is 33.3. The van der Waals surface area contributed by atoms with E-state index in [9.17, 15) is 9.59 Å². The number of hydrogen-bond donors (Lipinski definition) is 0. The molecule has 2 amide bonds. The molecule has 0 atom stereocenters. The van der Waals surface area contributed by atoms with Crippen LogP contribution in [0.5, 0.6) is 11.5 Å². The first kappa shape index (κ1) is 30.5. The van der Waals surface area contributed by atoms with Gasteiger partial charge in [-0.3, -0.25) is 4.79 Å². The van der Waals surface area contributed by atoms with Crippen LogP contribution in [0.15, 0.2) is 79.0 Å². The number of anilines is 1. The van der Waals surface area contributed by atoms with Crippen LogP contribution in [0.1, 0.15) is 64.0 Å². The van der Waals surface area contributed by atoms with E-state index in [0.717, 1.165) is 77.4 Å². The standard InChI is InChI=1S/C39H42N4O5/c1-37(2,3)48-36(45)41-24-38(25-41)21-30(22-38)47-33-20-27(32-15-18-40-43(32)28-9-6-5-7-10-28)19-31-34(33)42(35(44)39(31)16-8-17-39)23-26-11-13-29(46-4)14-12-26/h5-7,9-15,18-20,30H,8,16-17,21-25H2,1-4H3. The van der Waals surface area contributed by atoms with Crippen molar-refractivity contribution >= 4 is 17.7 Å². The molecule has 3 fully saturated rings. The van der Waals surface area contributed by atoms with Crippen molar-refractivity contribution in [2.75, 3.05) is 25.1 Å². The Balaban J connectivity index is 1.14. The zero-order valence-corrected chi connectivity index (χ0v) is 28.1. The van der Waals surface area contributed by atoms with Crippen LogP contribution in [0.3, 0.4) is 0 Å². The predicted molar refractivity (Wildman–Crippen MR) is 183 cm³/mol. The number of ether oxygens (including phenoxy) is 3. The van der Waals surface area contributed by atoms with E-state index in [4.69, 9.17) is 14.2 Å². The number of nitrogens with zero attached hydrogens (tertiary/aromatic N) is 4. The molecule has 2 aliphatic carbocycles. The minimum Gasteiger partial charge on any atom is -0.497 e. The van der Waals surface area contributed by atoms with E-state index >= 15 is 0 Å². The minimum absolute atomic E-state index is 0.0138. The molecule has 1 saturated heterocycles. The molecule has 0 N–H and O–H groups in total. The number of benzene rings is 3. The number of fused-ring (bicyclic) bond motifs is 2. The molecule has 2 aliphatic heterocycles. The van der Waals surface area contributed by atoms with Crippen LogP contribution >= 0.6 is 0 Å². The quantitative estimate of drug-likeness (QED) is 0.210. The molecule has 3 heterocycles. The summed E-state index contributed by atoms with van der Waals surface area (Å²) in [7, 11) is 1.66. The molecule has 9 nitrogen and oxygen atoms in total. The highest BCUT2D eigenvalue weighted by molar-refractivity contribution is 6.10. The maximum Gasteiger partial charge on any atom is 0.410 e. The summed E-state index contributed by atoms with van der Waals surface area (Å²) >= 11 is 0. The number of carbonyl (C=O) groups is 2. The number of carbonyl (C=O) groups excluding carboxylic acids is 2. The molecule has 1 aromatic heterocycles. The van der Waals surface area contributed by atoms with Crippen molar-refractivity contribution in [1.82, 2.24) is 14.7 Å². The Labute approximate surface area is 281 Å². The molecule has 9 heteroatoms. The van der Waals surface area contributed by atoms with Crippen LogP contribution in [-0.4, -0.2) is 58.6 Å². The number of methoxy groups -OCH3 is 1. The summed E-state index contributed by atoms with van der Waals surface area (Å²) in [6.45, 7) is 7.49. The Morgan fingerprint density at radius 1 is 0.979 bits per heavy atom. The van der Waals surface area contributed by atoms with Crippen molar-refractivity contribution in [3.05, 3.63) is 90.1 Å². The first-order chi connectivity index (χ1) is 23.1. The van der Waals surface area contributed by atoms with Gasteiger partial charge in [-0.05, 0) is 100 Å². The molecule has 4 aliphatic rings. The van der Waals surface area contributed by atoms with E-state index in [2.05, 4.69) is 17.2 Å². The predicted octanol–water partition coefficient (Wildman–Crippen LogP) is 7.29. The molecule has 3 aromatic carbocycles. The lowest BCUT2D eigenvalue weighted by molar-refractivity contribution is -0.126. The van der Waals surface area contributed by atoms with E-state index < -0.39 is 11.0 Å². The monoisotopic (exact) mass is 646 g/mol. The van der Waals surface area contributed by atoms with Crippen molar-refractivity contribution < 1.29 is 23.8 Å². The second kappa shape index (κ2) is 11.1. The van der Waals surface area contributed by atoms with Gasteiger partial charge in [0.25, 0.3) is 0 Å². The Bertz CT molecular complexity index is 1860. The van der Waals surface area contributed by atoms with Crippen molar-refractivity contribution in [1.29, 1.82) is 0 Å². The number of hydrogen-bond acceptors (Lipinski definition) is 6. The minimum atomic E-state index is -0.545. The van der Waals surface area contributed by atoms with Crippen molar-refractivity contribution in [2.45, 2.75) is 76.5 Å². The Morgan fingerprint density at radius 2 is 1.71 bits per heavy atom. The molecule has 8 rings (SSSR count). The van der Waals surface area contributed by atoms with Crippen molar-refractivity contribution in [3.8, 4) is 28.4 Å². The molecule has 0 radical (unpaired) electrons. The normalized spacial score (nSPS) is 19.0. The van der Waals surface area contributed by atoms with Gasteiger partial charge in [-0.15, -0.1) is 0 Å². The number of para-hydroxylation sites is 1. The molecular weight excluding hydrogens is 604 g/mol. The molecular formula is C39H42N4O5. The maximum atomic E-state index is 14.4. The smallest absolute Gasteiger partial charge is 0.410 e. The zero-order valence-electron chi connectivity index (χ0n) is 28.1. The largest absolute Gasteiger partial charge is 0.497 e. The second-order valence-corrected chi connectivity index (χ2v) is 15.0. The topological polar surface area (TPSA) is 86.1 Å². The van der Waals surface area contributed by atoms with Crippen LogP contribution in [0.4, 0.5) is 10.5 Å². The molecule has 2 spiro atoms. The molecule has 0 bridgehead atoms. The van der Waals surface area contributed by atoms with Gasteiger partial charge in [0.15, 0.2) is 0 Å². The lowest BCUT2D eigenvalue weighted by atomic mass is 9.62. The van der Waals surface area contributed by atoms with E-state index in [0.29, 0.717) is 19.6 Å². The fourth-order valence-corrected chi connectivity index (χ4v) is 7.98.